The Labute approximate surface area is 182 Å². The van der Waals surface area contributed by atoms with Gasteiger partial charge in [0.2, 0.25) is 5.91 Å². The number of hydrogen-bond acceptors (Lipinski definition) is 6. The van der Waals surface area contributed by atoms with Crippen molar-refractivity contribution in [2.45, 2.75) is 44.2 Å². The van der Waals surface area contributed by atoms with Gasteiger partial charge in [-0.25, -0.2) is 0 Å². The van der Waals surface area contributed by atoms with Crippen molar-refractivity contribution in [2.24, 2.45) is 11.8 Å². The average Bonchev–Trinajstić information content (AvgIpc) is 3.07. The van der Waals surface area contributed by atoms with Crippen LogP contribution < -0.4 is 14.4 Å². The van der Waals surface area contributed by atoms with Crippen molar-refractivity contribution in [1.82, 2.24) is 4.90 Å². The number of Topliss-reactive ketones (excluding diaryl/α,β-unsaturated/α-hetero) is 1. The molecule has 5 atom stereocenters. The molecule has 0 aromatic heterocycles. The second-order valence-electron chi connectivity index (χ2n) is 9.26. The number of hydrogen-bond donors (Lipinski definition) is 0. The van der Waals surface area contributed by atoms with E-state index in [1.807, 2.05) is 17.0 Å². The van der Waals surface area contributed by atoms with E-state index >= 15 is 0 Å². The van der Waals surface area contributed by atoms with Gasteiger partial charge in [0.1, 0.15) is 5.78 Å². The predicted octanol–water partition coefficient (Wildman–Crippen LogP) is 2.52. The summed E-state index contributed by atoms with van der Waals surface area (Å²) in [5, 5.41) is 0. The predicted molar refractivity (Wildman–Crippen MR) is 116 cm³/mol. The molecule has 0 radical (unpaired) electrons. The second-order valence-corrected chi connectivity index (χ2v) is 9.26. The van der Waals surface area contributed by atoms with Crippen molar-refractivity contribution in [2.75, 3.05) is 39.3 Å². The summed E-state index contributed by atoms with van der Waals surface area (Å²) in [5.74, 6) is 1.42. The third-order valence-electron chi connectivity index (χ3n) is 7.85. The molecule has 7 nitrogen and oxygen atoms in total. The Kier molecular flexibility index (Phi) is 4.59. The number of anilines is 1. The van der Waals surface area contributed by atoms with Crippen molar-refractivity contribution in [3.8, 4) is 11.5 Å². The van der Waals surface area contributed by atoms with Crippen molar-refractivity contribution < 1.29 is 23.8 Å². The molecular formula is C24H30N2O5. The van der Waals surface area contributed by atoms with Crippen LogP contribution in [-0.4, -0.2) is 63.2 Å². The maximum Gasteiger partial charge on any atom is 0.224 e. The number of fused-ring (bicyclic) bond motifs is 3. The highest BCUT2D eigenvalue weighted by Crippen LogP contribution is 2.60. The van der Waals surface area contributed by atoms with Crippen LogP contribution in [0, 0.1) is 11.8 Å². The van der Waals surface area contributed by atoms with Gasteiger partial charge in [-0.3, -0.25) is 9.59 Å². The third kappa shape index (κ3) is 2.62. The van der Waals surface area contributed by atoms with E-state index < -0.39 is 5.41 Å². The zero-order valence-electron chi connectivity index (χ0n) is 18.8. The number of methoxy groups -OCH3 is 2. The van der Waals surface area contributed by atoms with Gasteiger partial charge in [0, 0.05) is 45.1 Å². The normalized spacial score (nSPS) is 33.7. The summed E-state index contributed by atoms with van der Waals surface area (Å²) in [5.41, 5.74) is 2.03. The molecule has 1 spiro atoms. The fourth-order valence-corrected chi connectivity index (χ4v) is 6.47. The van der Waals surface area contributed by atoms with Crippen LogP contribution in [-0.2, 0) is 19.7 Å². The first-order chi connectivity index (χ1) is 14.8. The van der Waals surface area contributed by atoms with Crippen molar-refractivity contribution >= 4 is 17.4 Å². The van der Waals surface area contributed by atoms with Crippen LogP contribution in [0.1, 0.15) is 32.3 Å². The Morgan fingerprint density at radius 3 is 2.61 bits per heavy atom. The number of amides is 1. The fourth-order valence-electron chi connectivity index (χ4n) is 6.47. The molecule has 1 aromatic carbocycles. The largest absolute Gasteiger partial charge is 0.493 e. The second kappa shape index (κ2) is 6.99. The minimum atomic E-state index is -0.775. The lowest BCUT2D eigenvalue weighted by atomic mass is 9.56. The molecule has 1 saturated heterocycles. The number of ether oxygens (including phenoxy) is 3. The maximum atomic E-state index is 14.0. The molecule has 1 saturated carbocycles. The van der Waals surface area contributed by atoms with Crippen LogP contribution >= 0.6 is 0 Å². The summed E-state index contributed by atoms with van der Waals surface area (Å²) in [6.07, 6.45) is 3.26. The summed E-state index contributed by atoms with van der Waals surface area (Å²) in [6, 6.07) is 3.50. The van der Waals surface area contributed by atoms with Gasteiger partial charge in [-0.15, -0.1) is 0 Å². The van der Waals surface area contributed by atoms with Crippen LogP contribution in [0.2, 0.25) is 0 Å². The average molecular weight is 427 g/mol. The molecule has 1 aliphatic carbocycles. The minimum absolute atomic E-state index is 0.0307. The molecule has 0 N–H and O–H groups in total. The van der Waals surface area contributed by atoms with Gasteiger partial charge < -0.3 is 24.0 Å². The van der Waals surface area contributed by atoms with Crippen LogP contribution in [0.15, 0.2) is 23.9 Å². The van der Waals surface area contributed by atoms with E-state index in [0.717, 1.165) is 23.4 Å². The monoisotopic (exact) mass is 426 g/mol. The highest BCUT2D eigenvalue weighted by molar-refractivity contribution is 6.05. The topological polar surface area (TPSA) is 68.3 Å². The Morgan fingerprint density at radius 1 is 1.23 bits per heavy atom. The number of carbonyl (C=O) groups is 2. The van der Waals surface area contributed by atoms with E-state index in [1.165, 1.54) is 0 Å². The van der Waals surface area contributed by atoms with Gasteiger partial charge in [-0.05, 0) is 36.5 Å². The van der Waals surface area contributed by atoms with Crippen molar-refractivity contribution in [1.29, 1.82) is 0 Å². The molecule has 3 heterocycles. The number of carbonyl (C=O) groups excluding carboxylic acids is 2. The molecule has 3 aliphatic heterocycles. The van der Waals surface area contributed by atoms with E-state index in [1.54, 1.807) is 21.1 Å². The quantitative estimate of drug-likeness (QED) is 0.724. The summed E-state index contributed by atoms with van der Waals surface area (Å²) in [7, 11) is 5.23. The number of nitrogens with zero attached hydrogens (tertiary/aromatic N) is 2. The molecule has 31 heavy (non-hydrogen) atoms. The maximum absolute atomic E-state index is 14.0. The Balaban J connectivity index is 1.79. The minimum Gasteiger partial charge on any atom is -0.493 e. The molecule has 5 unspecified atom stereocenters. The lowest BCUT2D eigenvalue weighted by Gasteiger charge is -2.51. The number of benzene rings is 1. The van der Waals surface area contributed by atoms with Gasteiger partial charge in [0.05, 0.1) is 44.1 Å². The Bertz CT molecular complexity index is 988. The fraction of sp³-hybridized carbons (Fsp3) is 0.583. The third-order valence-corrected chi connectivity index (χ3v) is 7.85. The molecule has 7 heteroatoms. The first-order valence-electron chi connectivity index (χ1n) is 11.0. The van der Waals surface area contributed by atoms with E-state index in [2.05, 4.69) is 25.1 Å². The van der Waals surface area contributed by atoms with Crippen LogP contribution in [0.5, 0.6) is 11.5 Å². The van der Waals surface area contributed by atoms with Crippen LogP contribution in [0.4, 0.5) is 5.69 Å². The molecule has 4 aliphatic rings. The number of ketones is 1. The summed E-state index contributed by atoms with van der Waals surface area (Å²) >= 11 is 0. The van der Waals surface area contributed by atoms with Gasteiger partial charge in [-0.2, -0.15) is 0 Å². The van der Waals surface area contributed by atoms with Crippen LogP contribution in [0.3, 0.4) is 0 Å². The molecular weight excluding hydrogens is 396 g/mol. The van der Waals surface area contributed by atoms with E-state index in [9.17, 15) is 9.59 Å². The number of rotatable bonds is 2. The standard InChI is InChI=1S/C24H30N2O5/c1-13-16-11-25(3)7-6-24-18-9-20(29-4)21(30-5)10-19(18)26(14(2)27)23(24)17(12-31-13)15(16)8-22(24)28/h9-11,13,15,17,23H,6-8,12H2,1-5H3. The van der Waals surface area contributed by atoms with Gasteiger partial charge in [-0.1, -0.05) is 0 Å². The zero-order chi connectivity index (χ0) is 22.1. The van der Waals surface area contributed by atoms with Gasteiger partial charge in [0.25, 0.3) is 0 Å². The first-order valence-corrected chi connectivity index (χ1v) is 11.0. The molecule has 1 aromatic rings. The lowest BCUT2D eigenvalue weighted by Crippen LogP contribution is -2.63. The molecule has 166 valence electrons. The lowest BCUT2D eigenvalue weighted by molar-refractivity contribution is -0.134. The first kappa shape index (κ1) is 20.4. The molecule has 5 rings (SSSR count). The summed E-state index contributed by atoms with van der Waals surface area (Å²) in [4.78, 5) is 31.1. The van der Waals surface area contributed by atoms with Gasteiger partial charge in [0.15, 0.2) is 11.5 Å². The highest BCUT2D eigenvalue weighted by Gasteiger charge is 2.64. The molecule has 1 amide bonds. The molecule has 2 bridgehead atoms. The van der Waals surface area contributed by atoms with Crippen LogP contribution in [0.25, 0.3) is 0 Å². The van der Waals surface area contributed by atoms with Gasteiger partial charge >= 0.3 is 0 Å². The highest BCUT2D eigenvalue weighted by atomic mass is 16.5. The zero-order valence-corrected chi connectivity index (χ0v) is 18.8. The van der Waals surface area contributed by atoms with Crippen molar-refractivity contribution in [3.63, 3.8) is 0 Å². The van der Waals surface area contributed by atoms with E-state index in [0.29, 0.717) is 30.9 Å². The SMILES string of the molecule is COc1cc2c(cc1OC)C13CCN(C)C=C4C(C)OCC(C4CC1=O)C3N2C(C)=O. The Morgan fingerprint density at radius 2 is 1.94 bits per heavy atom. The van der Waals surface area contributed by atoms with E-state index in [-0.39, 0.29) is 35.7 Å². The summed E-state index contributed by atoms with van der Waals surface area (Å²) < 4.78 is 17.3. The molecule has 2 fully saturated rings. The summed E-state index contributed by atoms with van der Waals surface area (Å²) in [6.45, 7) is 4.90. The Hall–Kier alpha value is -2.54. The van der Waals surface area contributed by atoms with Crippen molar-refractivity contribution in [3.05, 3.63) is 29.5 Å². The smallest absolute Gasteiger partial charge is 0.224 e. The van der Waals surface area contributed by atoms with E-state index in [4.69, 9.17) is 14.2 Å².